The van der Waals surface area contributed by atoms with Gasteiger partial charge >= 0.3 is 0 Å². The molecule has 0 radical (unpaired) electrons. The van der Waals surface area contributed by atoms with E-state index < -0.39 is 0 Å². The zero-order valence-corrected chi connectivity index (χ0v) is 71.7. The van der Waals surface area contributed by atoms with Crippen LogP contribution in [0.5, 0.6) is 0 Å². The van der Waals surface area contributed by atoms with Crippen molar-refractivity contribution in [2.45, 2.75) is 0 Å². The first-order valence-corrected chi connectivity index (χ1v) is 44.3. The van der Waals surface area contributed by atoms with Crippen LogP contribution in [0.4, 0.5) is 0 Å². The molecule has 0 aliphatic carbocycles. The average molecular weight is 1710 g/mol. The first kappa shape index (κ1) is 79.5. The number of hydrogen-bond acceptors (Lipinski definition) is 12. The van der Waals surface area contributed by atoms with Crippen molar-refractivity contribution >= 4 is 76.6 Å². The minimum atomic E-state index is 0.635. The second-order valence-electron chi connectivity index (χ2n) is 32.6. The maximum Gasteiger partial charge on any atom is 0.164 e. The number of rotatable bonds is 15. The number of hydrogen-bond donors (Lipinski definition) is 0. The highest BCUT2D eigenvalue weighted by molar-refractivity contribution is 6.10. The second kappa shape index (κ2) is 35.2. The fourth-order valence-electron chi connectivity index (χ4n) is 17.4. The number of furan rings is 3. The number of nitrogens with zero attached hydrogens (tertiary/aromatic N) is 9. The van der Waals surface area contributed by atoms with E-state index in [1.807, 2.05) is 164 Å². The third kappa shape index (κ3) is 16.3. The highest BCUT2D eigenvalue weighted by atomic mass is 16.3. The molecule has 6 heterocycles. The zero-order chi connectivity index (χ0) is 88.3. The summed E-state index contributed by atoms with van der Waals surface area (Å²) in [7, 11) is 0. The van der Waals surface area contributed by atoms with Gasteiger partial charge in [0.05, 0.1) is 0 Å². The normalized spacial score (nSPS) is 11.3. The quantitative estimate of drug-likeness (QED) is 0.0959. The van der Waals surface area contributed by atoms with Gasteiger partial charge in [0, 0.05) is 82.4 Å². The van der Waals surface area contributed by atoms with Gasteiger partial charge in [0.2, 0.25) is 0 Å². The molecule has 19 aromatic carbocycles. The maximum absolute atomic E-state index is 6.24. The van der Waals surface area contributed by atoms with Crippen molar-refractivity contribution in [2.24, 2.45) is 0 Å². The lowest BCUT2D eigenvalue weighted by atomic mass is 9.94. The van der Waals surface area contributed by atoms with Gasteiger partial charge in [-0.05, 0) is 138 Å². The Hall–Kier alpha value is -18.1. The van der Waals surface area contributed by atoms with Gasteiger partial charge in [-0.2, -0.15) is 0 Å². The van der Waals surface area contributed by atoms with Crippen molar-refractivity contribution in [1.29, 1.82) is 0 Å². The van der Waals surface area contributed by atoms with Gasteiger partial charge in [-0.1, -0.05) is 406 Å². The molecule has 0 amide bonds. The van der Waals surface area contributed by atoms with Gasteiger partial charge in [0.15, 0.2) is 52.4 Å². The summed E-state index contributed by atoms with van der Waals surface area (Å²) < 4.78 is 18.5. The van der Waals surface area contributed by atoms with Crippen LogP contribution in [0.15, 0.2) is 480 Å². The Morgan fingerprint density at radius 1 is 0.105 bits per heavy atom. The monoisotopic (exact) mass is 1700 g/mol. The Morgan fingerprint density at radius 2 is 0.278 bits per heavy atom. The summed E-state index contributed by atoms with van der Waals surface area (Å²) in [6.07, 6.45) is 0. The van der Waals surface area contributed by atoms with E-state index in [4.69, 9.17) is 58.1 Å². The molecule has 0 atom stereocenters. The molecule has 0 bridgehead atoms. The van der Waals surface area contributed by atoms with Crippen LogP contribution in [0.3, 0.4) is 0 Å². The fraction of sp³-hybridized carbons (Fsp3) is 0. The molecule has 0 spiro atoms. The molecular weight excluding hydrogens is 1630 g/mol. The van der Waals surface area contributed by atoms with Crippen molar-refractivity contribution in [3.8, 4) is 169 Å². The summed E-state index contributed by atoms with van der Waals surface area (Å²) in [5.41, 5.74) is 27.4. The predicted molar refractivity (Wildman–Crippen MR) is 540 cm³/mol. The van der Waals surface area contributed by atoms with E-state index in [1.165, 1.54) is 16.7 Å². The summed E-state index contributed by atoms with van der Waals surface area (Å²) in [5, 5.41) is 8.96. The van der Waals surface area contributed by atoms with Gasteiger partial charge in [0.25, 0.3) is 0 Å². The molecule has 12 heteroatoms. The Labute approximate surface area is 766 Å². The SMILES string of the molecule is c1ccc(-c2ccc(-c3nc(-c4ccccc4)nc(-c4ccc(-c5ccc6c(c5)oc5ccccc56)c5ccccc45)n3)cc2)cc1.c1ccc(-c2ccc(-c3nc(-c4ccccc4)nc(-c4ccc(-c5ccc6c(c5)oc5ccccc56)cc4)n3)cc2)cc1.c1ccc(-c2ccc(-c3nc(-c4ccccc4)nc(-c4ccc(-c5ccc6c(c5)oc5ccccc56)cc4)n3)cc2)cc1. The molecule has 0 fully saturated rings. The number of aromatic nitrogens is 9. The molecule has 0 N–H and O–H groups in total. The van der Waals surface area contributed by atoms with Gasteiger partial charge in [-0.15, -0.1) is 0 Å². The largest absolute Gasteiger partial charge is 0.456 e. The Kier molecular flexibility index (Phi) is 21.1. The van der Waals surface area contributed by atoms with Crippen LogP contribution in [0.25, 0.3) is 246 Å². The lowest BCUT2D eigenvalue weighted by Gasteiger charge is -2.13. The maximum atomic E-state index is 6.24. The van der Waals surface area contributed by atoms with E-state index in [1.54, 1.807) is 0 Å². The summed E-state index contributed by atoms with van der Waals surface area (Å²) in [5.74, 6) is 5.75. The summed E-state index contributed by atoms with van der Waals surface area (Å²) in [6.45, 7) is 0. The lowest BCUT2D eigenvalue weighted by Crippen LogP contribution is -2.00. The lowest BCUT2D eigenvalue weighted by molar-refractivity contribution is 0.668. The van der Waals surface area contributed by atoms with Crippen LogP contribution in [-0.2, 0) is 0 Å². The van der Waals surface area contributed by atoms with Gasteiger partial charge in [-0.25, -0.2) is 44.9 Å². The van der Waals surface area contributed by atoms with Gasteiger partial charge in [-0.3, -0.25) is 0 Å². The number of para-hydroxylation sites is 3. The third-order valence-electron chi connectivity index (χ3n) is 24.3. The van der Waals surface area contributed by atoms with E-state index in [0.29, 0.717) is 52.4 Å². The fourth-order valence-corrected chi connectivity index (χ4v) is 17.4. The molecule has 25 aromatic rings. The molecule has 0 unspecified atom stereocenters. The molecule has 6 aromatic heterocycles. The van der Waals surface area contributed by atoms with E-state index >= 15 is 0 Å². The molecule has 0 aliphatic rings. The van der Waals surface area contributed by atoms with Crippen LogP contribution in [-0.4, -0.2) is 44.9 Å². The van der Waals surface area contributed by atoms with Crippen LogP contribution >= 0.6 is 0 Å². The standard InChI is InChI=1S/C43H27N3O.2C39H25N3O/c1-3-11-28(12-4-1)29-19-21-31(22-20-29)42-44-41(30-13-5-2-6-14-30)45-43(46-42)38-26-25-33(34-15-7-8-16-35(34)38)32-23-24-37-36-17-9-10-18-39(36)47-40(37)27-32;2*1-3-9-26(10-4-1)27-15-19-30(20-16-27)38-40-37(29-11-5-2-6-12-29)41-39(42-38)31-21-17-28(18-22-31)32-23-24-34-33-13-7-8-14-35(33)43-36(34)25-32/h1-27H;2*1-25H. The average Bonchev–Trinajstić information content (AvgIpc) is 1.42. The molecule has 133 heavy (non-hydrogen) atoms. The summed E-state index contributed by atoms with van der Waals surface area (Å²) >= 11 is 0. The Bertz CT molecular complexity index is 8240. The second-order valence-corrected chi connectivity index (χ2v) is 32.6. The summed E-state index contributed by atoms with van der Waals surface area (Å²) in [4.78, 5) is 44.5. The van der Waals surface area contributed by atoms with Gasteiger partial charge < -0.3 is 13.3 Å². The van der Waals surface area contributed by atoms with Gasteiger partial charge in [0.1, 0.15) is 33.5 Å². The number of benzene rings is 19. The molecule has 12 nitrogen and oxygen atoms in total. The first-order chi connectivity index (χ1) is 65.8. The van der Waals surface area contributed by atoms with Crippen LogP contribution in [0.2, 0.25) is 0 Å². The van der Waals surface area contributed by atoms with Crippen LogP contribution in [0.1, 0.15) is 0 Å². The highest BCUT2D eigenvalue weighted by Gasteiger charge is 2.22. The Balaban J connectivity index is 0.000000113. The molecule has 0 saturated heterocycles. The van der Waals surface area contributed by atoms with Crippen molar-refractivity contribution in [3.05, 3.63) is 467 Å². The van der Waals surface area contributed by atoms with Crippen molar-refractivity contribution in [1.82, 2.24) is 44.9 Å². The first-order valence-electron chi connectivity index (χ1n) is 44.3. The Morgan fingerprint density at radius 3 is 0.564 bits per heavy atom. The van der Waals surface area contributed by atoms with E-state index in [-0.39, 0.29) is 0 Å². The topological polar surface area (TPSA) is 155 Å². The zero-order valence-electron chi connectivity index (χ0n) is 71.7. The van der Waals surface area contributed by atoms with Crippen molar-refractivity contribution < 1.29 is 13.3 Å². The molecule has 25 rings (SSSR count). The predicted octanol–water partition coefficient (Wildman–Crippen LogP) is 31.5. The van der Waals surface area contributed by atoms with E-state index in [2.05, 4.69) is 303 Å². The highest BCUT2D eigenvalue weighted by Crippen LogP contribution is 2.42. The van der Waals surface area contributed by atoms with E-state index in [9.17, 15) is 0 Å². The number of fused-ring (bicyclic) bond motifs is 10. The van der Waals surface area contributed by atoms with Crippen molar-refractivity contribution in [2.75, 3.05) is 0 Å². The molecular formula is C121H77N9O3. The minimum absolute atomic E-state index is 0.635. The molecule has 0 saturated carbocycles. The molecule has 0 aliphatic heterocycles. The van der Waals surface area contributed by atoms with E-state index in [0.717, 1.165) is 177 Å². The summed E-state index contributed by atoms with van der Waals surface area (Å²) in [6, 6.07) is 160. The molecule has 624 valence electrons. The third-order valence-corrected chi connectivity index (χ3v) is 24.3. The van der Waals surface area contributed by atoms with Crippen LogP contribution < -0.4 is 0 Å². The minimum Gasteiger partial charge on any atom is -0.456 e. The van der Waals surface area contributed by atoms with Crippen LogP contribution in [0, 0.1) is 0 Å². The van der Waals surface area contributed by atoms with Crippen molar-refractivity contribution in [3.63, 3.8) is 0 Å². The smallest absolute Gasteiger partial charge is 0.164 e.